The minimum atomic E-state index is 0.131. The van der Waals surface area contributed by atoms with Crippen LogP contribution in [0.4, 0.5) is 0 Å². The second kappa shape index (κ2) is 2.37. The molecule has 0 aromatic carbocycles. The summed E-state index contributed by atoms with van der Waals surface area (Å²) in [5.41, 5.74) is 1.09. The van der Waals surface area contributed by atoms with Crippen LogP contribution in [0.15, 0.2) is 28.9 Å². The lowest BCUT2D eigenvalue weighted by Gasteiger charge is -2.12. The molecule has 0 atom stereocenters. The molecule has 1 aromatic rings. The van der Waals surface area contributed by atoms with E-state index in [1.165, 1.54) is 5.22 Å². The van der Waals surface area contributed by atoms with E-state index in [4.69, 9.17) is 4.42 Å². The van der Waals surface area contributed by atoms with Crippen molar-refractivity contribution < 1.29 is 4.42 Å². The van der Waals surface area contributed by atoms with Crippen LogP contribution >= 0.6 is 0 Å². The van der Waals surface area contributed by atoms with Crippen molar-refractivity contribution in [2.45, 2.75) is 13.8 Å². The fourth-order valence-electron chi connectivity index (χ4n) is 1.42. The van der Waals surface area contributed by atoms with Crippen LogP contribution in [-0.2, 0) is 0 Å². The van der Waals surface area contributed by atoms with E-state index < -0.39 is 0 Å². The second-order valence-electron chi connectivity index (χ2n) is 3.73. The zero-order valence-electron chi connectivity index (χ0n) is 7.37. The highest BCUT2D eigenvalue weighted by Gasteiger charge is 2.10. The molecule has 0 amide bonds. The summed E-state index contributed by atoms with van der Waals surface area (Å²) in [7, 11) is 0. The Balaban J connectivity index is 2.75. The first-order chi connectivity index (χ1) is 5.67. The summed E-state index contributed by atoms with van der Waals surface area (Å²) in [5.74, 6) is 0. The van der Waals surface area contributed by atoms with Gasteiger partial charge in [0.05, 0.1) is 6.26 Å². The van der Waals surface area contributed by atoms with Gasteiger partial charge in [-0.2, -0.15) is 0 Å². The lowest BCUT2D eigenvalue weighted by atomic mass is 9.93. The highest BCUT2D eigenvalue weighted by Crippen LogP contribution is 2.19. The Hall–Kier alpha value is -1.24. The largest absolute Gasteiger partial charge is 0.464 e. The van der Waals surface area contributed by atoms with E-state index in [-0.39, 0.29) is 5.41 Å². The normalized spacial score (nSPS) is 18.8. The van der Waals surface area contributed by atoms with E-state index in [1.54, 1.807) is 6.26 Å². The van der Waals surface area contributed by atoms with Crippen molar-refractivity contribution in [1.82, 2.24) is 0 Å². The molecule has 0 bridgehead atoms. The quantitative estimate of drug-likeness (QED) is 0.559. The van der Waals surface area contributed by atoms with Crippen molar-refractivity contribution in [1.29, 1.82) is 0 Å². The molecule has 0 spiro atoms. The molecule has 0 saturated carbocycles. The van der Waals surface area contributed by atoms with Gasteiger partial charge in [0.2, 0.25) is 0 Å². The summed E-state index contributed by atoms with van der Waals surface area (Å²) in [6, 6.07) is 2.00. The lowest BCUT2D eigenvalue weighted by Crippen LogP contribution is -2.20. The number of allylic oxidation sites excluding steroid dienone is 2. The molecule has 1 nitrogen and oxygen atoms in total. The SMILES string of the molecule is CC1(C)C=CC=c2occc2=C1. The van der Waals surface area contributed by atoms with Crippen molar-refractivity contribution in [3.8, 4) is 0 Å². The molecule has 1 aromatic heterocycles. The van der Waals surface area contributed by atoms with Gasteiger partial charge < -0.3 is 4.42 Å². The van der Waals surface area contributed by atoms with Gasteiger partial charge in [-0.3, -0.25) is 0 Å². The van der Waals surface area contributed by atoms with Crippen molar-refractivity contribution in [3.63, 3.8) is 0 Å². The number of rotatable bonds is 0. The maximum Gasteiger partial charge on any atom is 0.133 e. The second-order valence-corrected chi connectivity index (χ2v) is 3.73. The molecular formula is C11H12O. The van der Waals surface area contributed by atoms with Gasteiger partial charge in [0, 0.05) is 10.6 Å². The third-order valence-corrected chi connectivity index (χ3v) is 2.03. The van der Waals surface area contributed by atoms with E-state index in [0.29, 0.717) is 0 Å². The highest BCUT2D eigenvalue weighted by molar-refractivity contribution is 5.46. The molecule has 1 heteroatoms. The summed E-state index contributed by atoms with van der Waals surface area (Å²) in [6.07, 6.45) is 10.2. The third-order valence-electron chi connectivity index (χ3n) is 2.03. The molecule has 0 fully saturated rings. The molecule has 2 rings (SSSR count). The standard InChI is InChI=1S/C11H12O/c1-11(2)6-3-4-10-9(8-11)5-7-12-10/h3-8H,1-2H3. The van der Waals surface area contributed by atoms with Crippen LogP contribution in [0.3, 0.4) is 0 Å². The Morgan fingerprint density at radius 1 is 1.33 bits per heavy atom. The minimum absolute atomic E-state index is 0.131. The summed E-state index contributed by atoms with van der Waals surface area (Å²) >= 11 is 0. The first-order valence-corrected chi connectivity index (χ1v) is 4.13. The monoisotopic (exact) mass is 160 g/mol. The molecule has 1 aliphatic carbocycles. The van der Waals surface area contributed by atoms with Crippen LogP contribution < -0.4 is 10.6 Å². The zero-order chi connectivity index (χ0) is 8.60. The van der Waals surface area contributed by atoms with Crippen LogP contribution in [0.1, 0.15) is 13.8 Å². The molecule has 0 aliphatic heterocycles. The van der Waals surface area contributed by atoms with Crippen molar-refractivity contribution in [3.05, 3.63) is 35.1 Å². The Kier molecular flexibility index (Phi) is 1.47. The van der Waals surface area contributed by atoms with E-state index in [1.807, 2.05) is 18.2 Å². The third kappa shape index (κ3) is 1.22. The van der Waals surface area contributed by atoms with Crippen molar-refractivity contribution in [2.24, 2.45) is 5.41 Å². The van der Waals surface area contributed by atoms with E-state index in [0.717, 1.165) is 5.42 Å². The Morgan fingerprint density at radius 3 is 3.00 bits per heavy atom. The molecule has 0 radical (unpaired) electrons. The molecule has 62 valence electrons. The molecule has 0 N–H and O–H groups in total. The smallest absolute Gasteiger partial charge is 0.133 e. The van der Waals surface area contributed by atoms with Crippen LogP contribution in [0, 0.1) is 5.41 Å². The zero-order valence-corrected chi connectivity index (χ0v) is 7.37. The Bertz CT molecular complexity index is 418. The van der Waals surface area contributed by atoms with Crippen molar-refractivity contribution >= 4 is 12.2 Å². The number of hydrogen-bond donors (Lipinski definition) is 0. The Labute approximate surface area is 71.7 Å². The van der Waals surface area contributed by atoms with Gasteiger partial charge in [-0.15, -0.1) is 0 Å². The van der Waals surface area contributed by atoms with E-state index in [9.17, 15) is 0 Å². The Morgan fingerprint density at radius 2 is 2.17 bits per heavy atom. The van der Waals surface area contributed by atoms with Gasteiger partial charge in [0.1, 0.15) is 5.42 Å². The topological polar surface area (TPSA) is 13.1 Å². The summed E-state index contributed by atoms with van der Waals surface area (Å²) < 4.78 is 5.29. The van der Waals surface area contributed by atoms with E-state index in [2.05, 4.69) is 26.0 Å². The first-order valence-electron chi connectivity index (χ1n) is 4.13. The van der Waals surface area contributed by atoms with Gasteiger partial charge >= 0.3 is 0 Å². The summed E-state index contributed by atoms with van der Waals surface area (Å²) in [4.78, 5) is 0. The fraction of sp³-hybridized carbons (Fsp3) is 0.273. The van der Waals surface area contributed by atoms with Crippen LogP contribution in [0.5, 0.6) is 0 Å². The first kappa shape index (κ1) is 7.41. The molecule has 0 unspecified atom stereocenters. The molecule has 0 saturated heterocycles. The van der Waals surface area contributed by atoms with Crippen molar-refractivity contribution in [2.75, 3.05) is 0 Å². The lowest BCUT2D eigenvalue weighted by molar-refractivity contribution is 0.531. The molecule has 1 aliphatic rings. The number of furan rings is 1. The van der Waals surface area contributed by atoms with Gasteiger partial charge in [-0.25, -0.2) is 0 Å². The van der Waals surface area contributed by atoms with Gasteiger partial charge in [0.25, 0.3) is 0 Å². The van der Waals surface area contributed by atoms with E-state index >= 15 is 0 Å². The van der Waals surface area contributed by atoms with Crippen LogP contribution in [0.2, 0.25) is 0 Å². The predicted octanol–water partition coefficient (Wildman–Crippen LogP) is 1.44. The summed E-state index contributed by atoms with van der Waals surface area (Å²) in [5, 5.41) is 1.19. The average molecular weight is 160 g/mol. The maximum absolute atomic E-state index is 5.29. The average Bonchev–Trinajstić information content (AvgIpc) is 2.31. The van der Waals surface area contributed by atoms with Crippen LogP contribution in [-0.4, -0.2) is 0 Å². The molecule has 1 heterocycles. The maximum atomic E-state index is 5.29. The fourth-order valence-corrected chi connectivity index (χ4v) is 1.42. The van der Waals surface area contributed by atoms with Gasteiger partial charge in [-0.05, 0) is 12.1 Å². The molecule has 12 heavy (non-hydrogen) atoms. The van der Waals surface area contributed by atoms with Gasteiger partial charge in [0.15, 0.2) is 0 Å². The van der Waals surface area contributed by atoms with Crippen LogP contribution in [0.25, 0.3) is 12.2 Å². The number of fused-ring (bicyclic) bond motifs is 1. The summed E-state index contributed by atoms with van der Waals surface area (Å²) in [6.45, 7) is 4.36. The minimum Gasteiger partial charge on any atom is -0.464 e. The highest BCUT2D eigenvalue weighted by atomic mass is 16.3. The molecular weight excluding hydrogens is 148 g/mol. The predicted molar refractivity (Wildman–Crippen MR) is 49.8 cm³/mol. The number of hydrogen-bond acceptors (Lipinski definition) is 1. The van der Waals surface area contributed by atoms with Gasteiger partial charge in [-0.1, -0.05) is 32.1 Å².